The van der Waals surface area contributed by atoms with Gasteiger partial charge in [0.25, 0.3) is 0 Å². The van der Waals surface area contributed by atoms with Gasteiger partial charge in [0, 0.05) is 10.7 Å². The summed E-state index contributed by atoms with van der Waals surface area (Å²) in [6.07, 6.45) is 6.38. The standard InChI is InChI=1S/C13H16BrF/c14-10-13(8-2-1-3-9-13)11-4-6-12(15)7-5-11/h4-7H,1-3,8-10H2. The van der Waals surface area contributed by atoms with Crippen LogP contribution in [0, 0.1) is 5.82 Å². The number of alkyl halides is 1. The molecule has 0 bridgehead atoms. The summed E-state index contributed by atoms with van der Waals surface area (Å²) >= 11 is 3.63. The molecule has 1 aromatic rings. The summed E-state index contributed by atoms with van der Waals surface area (Å²) < 4.78 is 12.9. The smallest absolute Gasteiger partial charge is 0.123 e. The fourth-order valence-electron chi connectivity index (χ4n) is 2.53. The highest BCUT2D eigenvalue weighted by molar-refractivity contribution is 9.09. The molecule has 0 atom stereocenters. The van der Waals surface area contributed by atoms with Crippen LogP contribution in [0.15, 0.2) is 24.3 Å². The summed E-state index contributed by atoms with van der Waals surface area (Å²) in [5.74, 6) is -0.140. The number of hydrogen-bond acceptors (Lipinski definition) is 0. The lowest BCUT2D eigenvalue weighted by molar-refractivity contribution is 0.327. The Kier molecular flexibility index (Phi) is 3.45. The molecule has 0 saturated heterocycles. The van der Waals surface area contributed by atoms with Crippen LogP contribution in [0.3, 0.4) is 0 Å². The van der Waals surface area contributed by atoms with Crippen LogP contribution in [0.5, 0.6) is 0 Å². The molecule has 15 heavy (non-hydrogen) atoms. The molecule has 2 heteroatoms. The number of hydrogen-bond donors (Lipinski definition) is 0. The fraction of sp³-hybridized carbons (Fsp3) is 0.538. The zero-order valence-corrected chi connectivity index (χ0v) is 10.4. The summed E-state index contributed by atoms with van der Waals surface area (Å²) in [5.41, 5.74) is 1.55. The molecule has 1 aliphatic carbocycles. The molecule has 1 aliphatic rings. The minimum atomic E-state index is -0.140. The first-order valence-electron chi connectivity index (χ1n) is 5.59. The van der Waals surface area contributed by atoms with E-state index in [9.17, 15) is 4.39 Å². The molecule has 0 amide bonds. The Balaban J connectivity index is 2.28. The molecule has 0 unspecified atom stereocenters. The van der Waals surface area contributed by atoms with Crippen molar-refractivity contribution in [2.24, 2.45) is 0 Å². The average molecular weight is 271 g/mol. The van der Waals surface area contributed by atoms with E-state index in [1.165, 1.54) is 37.7 Å². The van der Waals surface area contributed by atoms with Gasteiger partial charge in [0.05, 0.1) is 0 Å². The summed E-state index contributed by atoms with van der Waals surface area (Å²) in [6.45, 7) is 0. The van der Waals surface area contributed by atoms with E-state index >= 15 is 0 Å². The maximum absolute atomic E-state index is 12.9. The van der Waals surface area contributed by atoms with Crippen LogP contribution in [0.25, 0.3) is 0 Å². The fourth-order valence-corrected chi connectivity index (χ4v) is 3.42. The highest BCUT2D eigenvalue weighted by Gasteiger charge is 2.32. The molecule has 2 rings (SSSR count). The normalized spacial score (nSPS) is 20.1. The van der Waals surface area contributed by atoms with Crippen molar-refractivity contribution in [2.75, 3.05) is 5.33 Å². The van der Waals surface area contributed by atoms with Gasteiger partial charge >= 0.3 is 0 Å². The Morgan fingerprint density at radius 3 is 2.20 bits per heavy atom. The monoisotopic (exact) mass is 270 g/mol. The van der Waals surface area contributed by atoms with E-state index in [2.05, 4.69) is 15.9 Å². The van der Waals surface area contributed by atoms with Crippen molar-refractivity contribution >= 4 is 15.9 Å². The van der Waals surface area contributed by atoms with Crippen molar-refractivity contribution in [2.45, 2.75) is 37.5 Å². The quantitative estimate of drug-likeness (QED) is 0.698. The van der Waals surface area contributed by atoms with Crippen LogP contribution in [-0.4, -0.2) is 5.33 Å². The molecule has 0 N–H and O–H groups in total. The Hall–Kier alpha value is -0.370. The highest BCUT2D eigenvalue weighted by atomic mass is 79.9. The first kappa shape index (κ1) is 11.1. The topological polar surface area (TPSA) is 0 Å². The number of benzene rings is 1. The zero-order chi connectivity index (χ0) is 10.7. The first-order chi connectivity index (χ1) is 7.27. The van der Waals surface area contributed by atoms with Crippen molar-refractivity contribution in [3.8, 4) is 0 Å². The summed E-state index contributed by atoms with van der Waals surface area (Å²) in [7, 11) is 0. The molecule has 1 aromatic carbocycles. The van der Waals surface area contributed by atoms with Crippen LogP contribution in [0.2, 0.25) is 0 Å². The van der Waals surface area contributed by atoms with Gasteiger partial charge in [-0.15, -0.1) is 0 Å². The molecule has 1 fully saturated rings. The Labute approximate surface area is 99.0 Å². The minimum Gasteiger partial charge on any atom is -0.207 e. The molecular formula is C13H16BrF. The first-order valence-corrected chi connectivity index (χ1v) is 6.71. The maximum Gasteiger partial charge on any atom is 0.123 e. The molecular weight excluding hydrogens is 255 g/mol. The predicted molar refractivity (Wildman–Crippen MR) is 65.0 cm³/mol. The predicted octanol–water partition coefficient (Wildman–Crippen LogP) is 4.42. The van der Waals surface area contributed by atoms with Crippen molar-refractivity contribution in [3.63, 3.8) is 0 Å². The van der Waals surface area contributed by atoms with Crippen molar-refractivity contribution in [1.29, 1.82) is 0 Å². The van der Waals surface area contributed by atoms with E-state index in [0.717, 1.165) is 5.33 Å². The molecule has 1 saturated carbocycles. The molecule has 0 heterocycles. The maximum atomic E-state index is 12.9. The Morgan fingerprint density at radius 1 is 1.07 bits per heavy atom. The van der Waals surface area contributed by atoms with E-state index in [0.29, 0.717) is 0 Å². The van der Waals surface area contributed by atoms with Crippen LogP contribution in [-0.2, 0) is 5.41 Å². The van der Waals surface area contributed by atoms with Gasteiger partial charge in [0.2, 0.25) is 0 Å². The van der Waals surface area contributed by atoms with Crippen molar-refractivity contribution in [1.82, 2.24) is 0 Å². The second-order valence-electron chi connectivity index (χ2n) is 4.48. The molecule has 0 aromatic heterocycles. The Bertz CT molecular complexity index is 312. The third-order valence-electron chi connectivity index (χ3n) is 3.52. The van der Waals surface area contributed by atoms with E-state index in [-0.39, 0.29) is 11.2 Å². The van der Waals surface area contributed by atoms with E-state index in [4.69, 9.17) is 0 Å². The molecule has 0 aliphatic heterocycles. The third kappa shape index (κ3) is 2.25. The van der Waals surface area contributed by atoms with E-state index in [1.807, 2.05) is 12.1 Å². The van der Waals surface area contributed by atoms with Crippen LogP contribution in [0.1, 0.15) is 37.7 Å². The average Bonchev–Trinajstić information content (AvgIpc) is 2.31. The lowest BCUT2D eigenvalue weighted by atomic mass is 9.71. The molecule has 0 nitrogen and oxygen atoms in total. The van der Waals surface area contributed by atoms with Gasteiger partial charge in [-0.05, 0) is 30.5 Å². The molecule has 0 spiro atoms. The molecule has 82 valence electrons. The van der Waals surface area contributed by atoms with Gasteiger partial charge in [-0.1, -0.05) is 47.3 Å². The minimum absolute atomic E-state index is 0.140. The highest BCUT2D eigenvalue weighted by Crippen LogP contribution is 2.40. The van der Waals surface area contributed by atoms with E-state index in [1.54, 1.807) is 12.1 Å². The van der Waals surface area contributed by atoms with Crippen LogP contribution < -0.4 is 0 Å². The van der Waals surface area contributed by atoms with Crippen LogP contribution >= 0.6 is 15.9 Å². The van der Waals surface area contributed by atoms with Gasteiger partial charge in [-0.25, -0.2) is 4.39 Å². The van der Waals surface area contributed by atoms with Gasteiger partial charge < -0.3 is 0 Å². The second kappa shape index (κ2) is 4.65. The lowest BCUT2D eigenvalue weighted by Crippen LogP contribution is -2.30. The summed E-state index contributed by atoms with van der Waals surface area (Å²) in [5, 5.41) is 0.992. The van der Waals surface area contributed by atoms with Crippen molar-refractivity contribution in [3.05, 3.63) is 35.6 Å². The second-order valence-corrected chi connectivity index (χ2v) is 5.04. The zero-order valence-electron chi connectivity index (χ0n) is 8.81. The molecule has 0 radical (unpaired) electrons. The van der Waals surface area contributed by atoms with Gasteiger partial charge in [-0.2, -0.15) is 0 Å². The summed E-state index contributed by atoms with van der Waals surface area (Å²) in [6, 6.07) is 7.05. The van der Waals surface area contributed by atoms with Crippen LogP contribution in [0.4, 0.5) is 4.39 Å². The van der Waals surface area contributed by atoms with Gasteiger partial charge in [0.15, 0.2) is 0 Å². The number of halogens is 2. The van der Waals surface area contributed by atoms with E-state index < -0.39 is 0 Å². The van der Waals surface area contributed by atoms with Gasteiger partial charge in [0.1, 0.15) is 5.82 Å². The Morgan fingerprint density at radius 2 is 1.67 bits per heavy atom. The van der Waals surface area contributed by atoms with Crippen molar-refractivity contribution < 1.29 is 4.39 Å². The van der Waals surface area contributed by atoms with Gasteiger partial charge in [-0.3, -0.25) is 0 Å². The largest absolute Gasteiger partial charge is 0.207 e. The SMILES string of the molecule is Fc1ccc(C2(CBr)CCCCC2)cc1. The third-order valence-corrected chi connectivity index (χ3v) is 4.60. The lowest BCUT2D eigenvalue weighted by Gasteiger charge is -2.36. The number of rotatable bonds is 2. The summed E-state index contributed by atoms with van der Waals surface area (Å²) in [4.78, 5) is 0.